The number of nitrogens with zero attached hydrogens (tertiary/aromatic N) is 3. The Morgan fingerprint density at radius 2 is 2.07 bits per heavy atom. The van der Waals surface area contributed by atoms with E-state index in [0.29, 0.717) is 19.1 Å². The molecule has 0 aromatic carbocycles. The fraction of sp³-hybridized carbons (Fsp3) is 0.696. The van der Waals surface area contributed by atoms with E-state index in [0.717, 1.165) is 48.6 Å². The van der Waals surface area contributed by atoms with Gasteiger partial charge in [-0.15, -0.1) is 0 Å². The fourth-order valence-corrected chi connectivity index (χ4v) is 4.75. The summed E-state index contributed by atoms with van der Waals surface area (Å²) in [5, 5.41) is 7.06. The third kappa shape index (κ3) is 5.86. The molecule has 1 unspecified atom stereocenters. The summed E-state index contributed by atoms with van der Waals surface area (Å²) in [5.74, 6) is 3.08. The number of primary amides is 1. The predicted molar refractivity (Wildman–Crippen MR) is 122 cm³/mol. The van der Waals surface area contributed by atoms with Crippen molar-refractivity contribution in [3.63, 3.8) is 0 Å². The maximum absolute atomic E-state index is 11.7. The van der Waals surface area contributed by atoms with Crippen LogP contribution in [0.25, 0.3) is 0 Å². The van der Waals surface area contributed by atoms with Crippen LogP contribution < -0.4 is 21.3 Å². The maximum Gasteiger partial charge on any atom is 0.222 e. The molecule has 2 fully saturated rings. The van der Waals surface area contributed by atoms with Gasteiger partial charge in [-0.05, 0) is 56.4 Å². The van der Waals surface area contributed by atoms with E-state index in [9.17, 15) is 4.79 Å². The van der Waals surface area contributed by atoms with Crippen LogP contribution in [0.4, 0.5) is 5.82 Å². The number of guanidine groups is 1. The van der Waals surface area contributed by atoms with E-state index in [1.54, 1.807) is 0 Å². The molecule has 1 aliphatic carbocycles. The molecule has 0 bridgehead atoms. The lowest BCUT2D eigenvalue weighted by Crippen LogP contribution is -2.45. The Labute approximate surface area is 180 Å². The molecule has 1 atom stereocenters. The molecule has 1 aliphatic heterocycles. The van der Waals surface area contributed by atoms with Gasteiger partial charge in [0.1, 0.15) is 5.82 Å². The van der Waals surface area contributed by atoms with Gasteiger partial charge in [-0.3, -0.25) is 9.79 Å². The predicted octanol–water partition coefficient (Wildman–Crippen LogP) is 2.66. The third-order valence-corrected chi connectivity index (χ3v) is 6.72. The zero-order valence-corrected chi connectivity index (χ0v) is 18.7. The van der Waals surface area contributed by atoms with E-state index in [1.165, 1.54) is 25.7 Å². The topological polar surface area (TPSA) is 95.6 Å². The average Bonchev–Trinajstić information content (AvgIpc) is 2.77. The number of rotatable bonds is 6. The highest BCUT2D eigenvalue weighted by Crippen LogP contribution is 2.30. The van der Waals surface area contributed by atoms with Crippen molar-refractivity contribution in [3.8, 4) is 0 Å². The van der Waals surface area contributed by atoms with Crippen LogP contribution in [0.15, 0.2) is 23.3 Å². The zero-order valence-electron chi connectivity index (χ0n) is 18.7. The molecule has 1 aromatic rings. The lowest BCUT2D eigenvalue weighted by Gasteiger charge is -2.33. The summed E-state index contributed by atoms with van der Waals surface area (Å²) < 4.78 is 0. The number of aromatic nitrogens is 1. The van der Waals surface area contributed by atoms with Gasteiger partial charge in [-0.1, -0.05) is 19.9 Å². The number of anilines is 1. The number of nitrogens with one attached hydrogen (secondary N) is 2. The molecule has 7 nitrogen and oxygen atoms in total. The van der Waals surface area contributed by atoms with E-state index in [2.05, 4.69) is 45.4 Å². The highest BCUT2D eigenvalue weighted by atomic mass is 16.1. The Hall–Kier alpha value is -2.31. The minimum atomic E-state index is -0.216. The van der Waals surface area contributed by atoms with Crippen molar-refractivity contribution < 1.29 is 4.79 Å². The van der Waals surface area contributed by atoms with Gasteiger partial charge in [-0.2, -0.15) is 0 Å². The monoisotopic (exact) mass is 414 g/mol. The van der Waals surface area contributed by atoms with Crippen LogP contribution in [-0.2, 0) is 11.3 Å². The first kappa shape index (κ1) is 22.4. The van der Waals surface area contributed by atoms with E-state index in [4.69, 9.17) is 5.73 Å². The number of carbonyl (C=O) groups excluding carboxylic acids is 1. The minimum absolute atomic E-state index is 0.100. The van der Waals surface area contributed by atoms with Crippen molar-refractivity contribution in [2.75, 3.05) is 25.0 Å². The summed E-state index contributed by atoms with van der Waals surface area (Å²) in [5.41, 5.74) is 6.66. The normalized spacial score (nSPS) is 25.3. The smallest absolute Gasteiger partial charge is 0.222 e. The largest absolute Gasteiger partial charge is 0.369 e. The molecule has 1 amide bonds. The van der Waals surface area contributed by atoms with Crippen molar-refractivity contribution in [1.29, 1.82) is 0 Å². The summed E-state index contributed by atoms with van der Waals surface area (Å²) in [7, 11) is 1.82. The Bertz CT molecular complexity index is 726. The number of aliphatic imine (C=N–C) groups is 1. The van der Waals surface area contributed by atoms with E-state index >= 15 is 0 Å². The van der Waals surface area contributed by atoms with Gasteiger partial charge in [0, 0.05) is 44.5 Å². The summed E-state index contributed by atoms with van der Waals surface area (Å²) in [6, 6.07) is 4.53. The van der Waals surface area contributed by atoms with Crippen LogP contribution in [-0.4, -0.2) is 43.0 Å². The van der Waals surface area contributed by atoms with Gasteiger partial charge in [0.15, 0.2) is 5.96 Å². The van der Waals surface area contributed by atoms with Crippen molar-refractivity contribution in [2.24, 2.45) is 28.5 Å². The molecule has 166 valence electrons. The summed E-state index contributed by atoms with van der Waals surface area (Å²) in [4.78, 5) is 22.9. The van der Waals surface area contributed by atoms with Gasteiger partial charge >= 0.3 is 0 Å². The first-order valence-corrected chi connectivity index (χ1v) is 11.4. The molecule has 4 N–H and O–H groups in total. The average molecular weight is 415 g/mol. The first-order chi connectivity index (χ1) is 14.5. The minimum Gasteiger partial charge on any atom is -0.369 e. The summed E-state index contributed by atoms with van der Waals surface area (Å²) >= 11 is 0. The number of amides is 1. The van der Waals surface area contributed by atoms with Crippen LogP contribution in [0.2, 0.25) is 0 Å². The van der Waals surface area contributed by atoms with Crippen molar-refractivity contribution >= 4 is 17.7 Å². The maximum atomic E-state index is 11.7. The molecule has 30 heavy (non-hydrogen) atoms. The molecular weight excluding hydrogens is 376 g/mol. The lowest BCUT2D eigenvalue weighted by atomic mass is 9.80. The molecule has 2 aliphatic rings. The Morgan fingerprint density at radius 3 is 2.73 bits per heavy atom. The molecule has 2 heterocycles. The zero-order chi connectivity index (χ0) is 21.5. The van der Waals surface area contributed by atoms with E-state index in [1.807, 2.05) is 19.3 Å². The van der Waals surface area contributed by atoms with Crippen LogP contribution >= 0.6 is 0 Å². The van der Waals surface area contributed by atoms with Gasteiger partial charge in [0.25, 0.3) is 0 Å². The number of hydrogen-bond acceptors (Lipinski definition) is 4. The molecule has 1 aromatic heterocycles. The van der Waals surface area contributed by atoms with Gasteiger partial charge in [-0.25, -0.2) is 4.98 Å². The lowest BCUT2D eigenvalue weighted by molar-refractivity contribution is -0.122. The third-order valence-electron chi connectivity index (χ3n) is 6.72. The molecule has 0 radical (unpaired) electrons. The van der Waals surface area contributed by atoms with Crippen LogP contribution in [0.3, 0.4) is 0 Å². The van der Waals surface area contributed by atoms with Gasteiger partial charge in [0.2, 0.25) is 5.91 Å². The second kappa shape index (κ2) is 10.6. The SMILES string of the molecule is CN=C(NCc1cccnc1N1CCCC(C(N)=O)C1)NC1CCC(C(C)C)CC1. The quantitative estimate of drug-likeness (QED) is 0.491. The molecule has 7 heteroatoms. The molecule has 3 rings (SSSR count). The van der Waals surface area contributed by atoms with Crippen LogP contribution in [0, 0.1) is 17.8 Å². The number of hydrogen-bond donors (Lipinski definition) is 3. The van der Waals surface area contributed by atoms with Gasteiger partial charge in [0.05, 0.1) is 5.92 Å². The first-order valence-electron chi connectivity index (χ1n) is 11.4. The second-order valence-corrected chi connectivity index (χ2v) is 9.10. The van der Waals surface area contributed by atoms with Gasteiger partial charge < -0.3 is 21.3 Å². The highest BCUT2D eigenvalue weighted by molar-refractivity contribution is 5.80. The molecule has 1 saturated carbocycles. The van der Waals surface area contributed by atoms with Crippen LogP contribution in [0.1, 0.15) is 57.9 Å². The summed E-state index contributed by atoms with van der Waals surface area (Å²) in [6.45, 7) is 6.85. The Kier molecular flexibility index (Phi) is 7.94. The Balaban J connectivity index is 1.57. The highest BCUT2D eigenvalue weighted by Gasteiger charge is 2.26. The standard InChI is InChI=1S/C23H38N6O/c1-16(2)17-8-10-20(11-9-17)28-23(25-3)27-14-18-6-4-12-26-22(18)29-13-5-7-19(15-29)21(24)30/h4,6,12,16-17,19-20H,5,7-11,13-15H2,1-3H3,(H2,24,30)(H2,25,27,28). The van der Waals surface area contributed by atoms with Crippen molar-refractivity contribution in [2.45, 2.75) is 65.0 Å². The van der Waals surface area contributed by atoms with Crippen molar-refractivity contribution in [3.05, 3.63) is 23.9 Å². The van der Waals surface area contributed by atoms with E-state index in [-0.39, 0.29) is 11.8 Å². The molecular formula is C23H38N6O. The number of pyridine rings is 1. The van der Waals surface area contributed by atoms with Crippen molar-refractivity contribution in [1.82, 2.24) is 15.6 Å². The number of nitrogens with two attached hydrogens (primary N) is 1. The second-order valence-electron chi connectivity index (χ2n) is 9.10. The van der Waals surface area contributed by atoms with Crippen LogP contribution in [0.5, 0.6) is 0 Å². The summed E-state index contributed by atoms with van der Waals surface area (Å²) in [6.07, 6.45) is 8.60. The molecule has 1 saturated heterocycles. The Morgan fingerprint density at radius 1 is 1.30 bits per heavy atom. The van der Waals surface area contributed by atoms with E-state index < -0.39 is 0 Å². The number of carbonyl (C=O) groups is 1. The number of piperidine rings is 1. The fourth-order valence-electron chi connectivity index (χ4n) is 4.75. The molecule has 0 spiro atoms.